The molecule has 0 saturated heterocycles. The molecular weight excluding hydrogens is 314 g/mol. The van der Waals surface area contributed by atoms with E-state index in [1.54, 1.807) is 6.20 Å². The first kappa shape index (κ1) is 13.3. The second-order valence-corrected chi connectivity index (χ2v) is 5.08. The number of hydrogen-bond acceptors (Lipinski definition) is 3. The fraction of sp³-hybridized carbons (Fsp3) is 0.231. The number of aryl methyl sites for hydroxylation is 1. The van der Waals surface area contributed by atoms with Crippen molar-refractivity contribution in [1.82, 2.24) is 9.97 Å². The van der Waals surface area contributed by atoms with Gasteiger partial charge in [0.2, 0.25) is 5.28 Å². The van der Waals surface area contributed by atoms with Gasteiger partial charge >= 0.3 is 0 Å². The van der Waals surface area contributed by atoms with Crippen molar-refractivity contribution < 1.29 is 0 Å². The van der Waals surface area contributed by atoms with Crippen molar-refractivity contribution in [2.75, 3.05) is 11.4 Å². The van der Waals surface area contributed by atoms with E-state index in [1.807, 2.05) is 0 Å². The molecule has 0 N–H and O–H groups in total. The third kappa shape index (κ3) is 2.82. The molecular formula is C13H13BrClN3. The Balaban J connectivity index is 2.44. The van der Waals surface area contributed by atoms with E-state index in [2.05, 4.69) is 68.9 Å². The Morgan fingerprint density at radius 3 is 2.56 bits per heavy atom. The standard InChI is InChI=1S/C13H13BrClN3/c1-3-18(10-6-4-9(2)5-7-10)12-11(14)8-16-13(15)17-12/h4-8H,3H2,1-2H3. The Morgan fingerprint density at radius 2 is 1.94 bits per heavy atom. The molecule has 3 nitrogen and oxygen atoms in total. The topological polar surface area (TPSA) is 29.0 Å². The summed E-state index contributed by atoms with van der Waals surface area (Å²) in [6.45, 7) is 4.94. The van der Waals surface area contributed by atoms with E-state index in [9.17, 15) is 0 Å². The molecule has 18 heavy (non-hydrogen) atoms. The van der Waals surface area contributed by atoms with Crippen molar-refractivity contribution in [2.45, 2.75) is 13.8 Å². The van der Waals surface area contributed by atoms with E-state index in [0.29, 0.717) is 0 Å². The van der Waals surface area contributed by atoms with Crippen LogP contribution in [0.15, 0.2) is 34.9 Å². The van der Waals surface area contributed by atoms with Crippen molar-refractivity contribution in [2.24, 2.45) is 0 Å². The summed E-state index contributed by atoms with van der Waals surface area (Å²) < 4.78 is 0.828. The van der Waals surface area contributed by atoms with Crippen LogP contribution in [0.25, 0.3) is 0 Å². The molecule has 0 amide bonds. The zero-order valence-electron chi connectivity index (χ0n) is 10.2. The van der Waals surface area contributed by atoms with E-state index in [-0.39, 0.29) is 5.28 Å². The van der Waals surface area contributed by atoms with Crippen LogP contribution in [0, 0.1) is 6.92 Å². The monoisotopic (exact) mass is 325 g/mol. The number of aromatic nitrogens is 2. The summed E-state index contributed by atoms with van der Waals surface area (Å²) in [7, 11) is 0. The fourth-order valence-corrected chi connectivity index (χ4v) is 2.24. The van der Waals surface area contributed by atoms with Gasteiger partial charge in [0.15, 0.2) is 5.82 Å². The minimum absolute atomic E-state index is 0.249. The first-order valence-electron chi connectivity index (χ1n) is 5.64. The first-order chi connectivity index (χ1) is 8.61. The lowest BCUT2D eigenvalue weighted by atomic mass is 10.2. The number of hydrogen-bond donors (Lipinski definition) is 0. The quantitative estimate of drug-likeness (QED) is 0.785. The zero-order chi connectivity index (χ0) is 13.1. The molecule has 0 aliphatic rings. The molecule has 0 fully saturated rings. The molecule has 0 radical (unpaired) electrons. The molecule has 0 bridgehead atoms. The van der Waals surface area contributed by atoms with Crippen molar-refractivity contribution in [3.05, 3.63) is 45.8 Å². The van der Waals surface area contributed by atoms with Gasteiger partial charge in [0.25, 0.3) is 0 Å². The Morgan fingerprint density at radius 1 is 1.28 bits per heavy atom. The number of nitrogens with zero attached hydrogens (tertiary/aromatic N) is 3. The second-order valence-electron chi connectivity index (χ2n) is 3.89. The maximum Gasteiger partial charge on any atom is 0.224 e. The van der Waals surface area contributed by atoms with Gasteiger partial charge in [-0.25, -0.2) is 4.98 Å². The van der Waals surface area contributed by atoms with Crippen LogP contribution in [0.1, 0.15) is 12.5 Å². The highest BCUT2D eigenvalue weighted by Gasteiger charge is 2.13. The lowest BCUT2D eigenvalue weighted by Crippen LogP contribution is -2.18. The van der Waals surface area contributed by atoms with Crippen LogP contribution in [-0.4, -0.2) is 16.5 Å². The summed E-state index contributed by atoms with van der Waals surface area (Å²) in [4.78, 5) is 10.3. The van der Waals surface area contributed by atoms with Gasteiger partial charge in [-0.1, -0.05) is 17.7 Å². The maximum atomic E-state index is 5.86. The van der Waals surface area contributed by atoms with Crippen molar-refractivity contribution in [3.63, 3.8) is 0 Å². The van der Waals surface area contributed by atoms with Crippen LogP contribution in [0.2, 0.25) is 5.28 Å². The molecule has 0 aliphatic carbocycles. The lowest BCUT2D eigenvalue weighted by Gasteiger charge is -2.23. The first-order valence-corrected chi connectivity index (χ1v) is 6.81. The van der Waals surface area contributed by atoms with Crippen LogP contribution in [0.4, 0.5) is 11.5 Å². The Hall–Kier alpha value is -1.13. The number of benzene rings is 1. The van der Waals surface area contributed by atoms with Crippen molar-refractivity contribution in [3.8, 4) is 0 Å². The molecule has 1 aromatic heterocycles. The van der Waals surface area contributed by atoms with E-state index >= 15 is 0 Å². The minimum Gasteiger partial charge on any atom is -0.326 e. The summed E-state index contributed by atoms with van der Waals surface area (Å²) >= 11 is 9.32. The molecule has 5 heteroatoms. The molecule has 0 atom stereocenters. The molecule has 1 heterocycles. The Bertz CT molecular complexity index is 542. The van der Waals surface area contributed by atoms with Gasteiger partial charge in [-0.2, -0.15) is 4.98 Å². The molecule has 1 aromatic carbocycles. The van der Waals surface area contributed by atoms with E-state index < -0.39 is 0 Å². The number of halogens is 2. The summed E-state index contributed by atoms with van der Waals surface area (Å²) in [5.74, 6) is 0.779. The molecule has 2 aromatic rings. The van der Waals surface area contributed by atoms with Crippen molar-refractivity contribution >= 4 is 39.0 Å². The second kappa shape index (κ2) is 5.67. The highest BCUT2D eigenvalue weighted by Crippen LogP contribution is 2.30. The minimum atomic E-state index is 0.249. The van der Waals surface area contributed by atoms with E-state index in [0.717, 1.165) is 22.5 Å². The van der Waals surface area contributed by atoms with Gasteiger partial charge < -0.3 is 4.90 Å². The highest BCUT2D eigenvalue weighted by molar-refractivity contribution is 9.10. The van der Waals surface area contributed by atoms with Crippen LogP contribution < -0.4 is 4.90 Å². The smallest absolute Gasteiger partial charge is 0.224 e. The summed E-state index contributed by atoms with van der Waals surface area (Å²) in [6.07, 6.45) is 1.67. The Kier molecular flexibility index (Phi) is 4.19. The van der Waals surface area contributed by atoms with E-state index in [1.165, 1.54) is 5.56 Å². The van der Waals surface area contributed by atoms with Crippen molar-refractivity contribution in [1.29, 1.82) is 0 Å². The normalized spacial score (nSPS) is 10.4. The van der Waals surface area contributed by atoms with Gasteiger partial charge in [-0.05, 0) is 53.5 Å². The predicted molar refractivity (Wildman–Crippen MR) is 78.6 cm³/mol. The van der Waals surface area contributed by atoms with Gasteiger partial charge in [0.05, 0.1) is 4.47 Å². The third-order valence-corrected chi connectivity index (χ3v) is 3.36. The van der Waals surface area contributed by atoms with E-state index in [4.69, 9.17) is 11.6 Å². The highest BCUT2D eigenvalue weighted by atomic mass is 79.9. The SMILES string of the molecule is CCN(c1ccc(C)cc1)c1nc(Cl)ncc1Br. The van der Waals surface area contributed by atoms with Gasteiger partial charge in [0, 0.05) is 18.4 Å². The third-order valence-electron chi connectivity index (χ3n) is 2.61. The summed E-state index contributed by atoms with van der Waals surface area (Å²) in [5.41, 5.74) is 2.31. The van der Waals surface area contributed by atoms with Gasteiger partial charge in [-0.15, -0.1) is 0 Å². The largest absolute Gasteiger partial charge is 0.326 e. The fourth-order valence-electron chi connectivity index (χ4n) is 1.71. The zero-order valence-corrected chi connectivity index (χ0v) is 12.5. The number of anilines is 2. The summed E-state index contributed by atoms with van der Waals surface area (Å²) in [5, 5.41) is 0.249. The van der Waals surface area contributed by atoms with Crippen LogP contribution in [-0.2, 0) is 0 Å². The molecule has 0 aliphatic heterocycles. The predicted octanol–water partition coefficient (Wildman–Crippen LogP) is 4.36. The van der Waals surface area contributed by atoms with Gasteiger partial charge in [0.1, 0.15) is 0 Å². The Labute approximate surface area is 120 Å². The van der Waals surface area contributed by atoms with Crippen LogP contribution >= 0.6 is 27.5 Å². The average Bonchev–Trinajstić information content (AvgIpc) is 2.37. The average molecular weight is 327 g/mol. The summed E-state index contributed by atoms with van der Waals surface area (Å²) in [6, 6.07) is 8.30. The maximum absolute atomic E-state index is 5.86. The molecule has 0 unspecified atom stereocenters. The molecule has 0 saturated carbocycles. The molecule has 2 rings (SSSR count). The van der Waals surface area contributed by atoms with Crippen LogP contribution in [0.5, 0.6) is 0 Å². The molecule has 94 valence electrons. The lowest BCUT2D eigenvalue weighted by molar-refractivity contribution is 0.969. The van der Waals surface area contributed by atoms with Crippen LogP contribution in [0.3, 0.4) is 0 Å². The van der Waals surface area contributed by atoms with Gasteiger partial charge in [-0.3, -0.25) is 0 Å². The molecule has 0 spiro atoms. The number of rotatable bonds is 3.